The Morgan fingerprint density at radius 1 is 0.561 bits per heavy atom. The number of aromatic nitrogens is 2. The molecule has 41 heavy (non-hydrogen) atoms. The van der Waals surface area contributed by atoms with Gasteiger partial charge in [-0.3, -0.25) is 0 Å². The Kier molecular flexibility index (Phi) is 12.4. The van der Waals surface area contributed by atoms with Gasteiger partial charge in [0.25, 0.3) is 6.33 Å². The van der Waals surface area contributed by atoms with Crippen molar-refractivity contribution in [1.29, 1.82) is 0 Å². The second-order valence-corrected chi connectivity index (χ2v) is 11.6. The molecule has 4 nitrogen and oxygen atoms in total. The number of hydrogen-bond donors (Lipinski definition) is 0. The van der Waals surface area contributed by atoms with Gasteiger partial charge >= 0.3 is 0 Å². The average molecular weight is 562 g/mol. The van der Waals surface area contributed by atoms with E-state index in [1.165, 1.54) is 33.6 Å². The Hall–Kier alpha value is -2.75. The predicted molar refractivity (Wildman–Crippen MR) is 174 cm³/mol. The number of imidazole rings is 1. The van der Waals surface area contributed by atoms with Crippen molar-refractivity contribution in [2.75, 3.05) is 14.2 Å². The van der Waals surface area contributed by atoms with Crippen molar-refractivity contribution >= 4 is 0 Å². The minimum absolute atomic E-state index is 0.477. The highest BCUT2D eigenvalue weighted by Gasteiger charge is 2.29. The van der Waals surface area contributed by atoms with Gasteiger partial charge in [0.15, 0.2) is 0 Å². The molecule has 0 fully saturated rings. The summed E-state index contributed by atoms with van der Waals surface area (Å²) in [6, 6.07) is 9.17. The molecule has 2 aromatic carbocycles. The molecule has 1 heterocycles. The van der Waals surface area contributed by atoms with E-state index in [1.807, 2.05) is 0 Å². The van der Waals surface area contributed by atoms with E-state index >= 15 is 0 Å². The van der Waals surface area contributed by atoms with E-state index in [4.69, 9.17) is 9.47 Å². The summed E-state index contributed by atoms with van der Waals surface area (Å²) in [5, 5.41) is 0. The second-order valence-electron chi connectivity index (χ2n) is 11.6. The molecular formula is C37H57N2O2+. The van der Waals surface area contributed by atoms with Gasteiger partial charge in [0, 0.05) is 22.3 Å². The first-order valence-electron chi connectivity index (χ1n) is 16.4. The zero-order valence-electron chi connectivity index (χ0n) is 27.7. The number of rotatable bonds is 16. The molecular weight excluding hydrogens is 504 g/mol. The van der Waals surface area contributed by atoms with Gasteiger partial charge in [-0.1, -0.05) is 55.4 Å². The fourth-order valence-electron chi connectivity index (χ4n) is 6.91. The van der Waals surface area contributed by atoms with Crippen LogP contribution in [-0.4, -0.2) is 18.8 Å². The van der Waals surface area contributed by atoms with Crippen LogP contribution in [0.2, 0.25) is 0 Å². The number of benzene rings is 2. The lowest BCUT2D eigenvalue weighted by molar-refractivity contribution is -0.596. The predicted octanol–water partition coefficient (Wildman–Crippen LogP) is 10.4. The van der Waals surface area contributed by atoms with Crippen LogP contribution in [0.25, 0.3) is 11.4 Å². The van der Waals surface area contributed by atoms with Crippen LogP contribution >= 0.6 is 0 Å². The number of hydrogen-bond acceptors (Lipinski definition) is 2. The molecule has 1 aromatic heterocycles. The molecule has 0 saturated heterocycles. The maximum atomic E-state index is 5.87. The molecule has 4 heteroatoms. The average Bonchev–Trinajstić information content (AvgIpc) is 3.48. The molecule has 0 N–H and O–H groups in total. The van der Waals surface area contributed by atoms with E-state index < -0.39 is 0 Å². The Balaban J connectivity index is 2.39. The fraction of sp³-hybridized carbons (Fsp3) is 0.595. The number of nitrogens with zero attached hydrogens (tertiary/aromatic N) is 2. The third-order valence-corrected chi connectivity index (χ3v) is 9.61. The Morgan fingerprint density at radius 3 is 1.24 bits per heavy atom. The summed E-state index contributed by atoms with van der Waals surface area (Å²) < 4.78 is 16.5. The standard InChI is InChI=1S/C37H57N2O2/c1-11-26(12-2)32-21-30(40-9)22-33(27(13-3)14-4)36(32)38-19-20-39(25-38)37-34(28(15-5)16-6)23-31(41-10)24-35(37)29(17-7)18-8/h19-29H,11-18H2,1-10H3/q+1. The highest BCUT2D eigenvalue weighted by atomic mass is 16.5. The first-order valence-corrected chi connectivity index (χ1v) is 16.4. The van der Waals surface area contributed by atoms with Crippen LogP contribution in [0, 0.1) is 0 Å². The summed E-state index contributed by atoms with van der Waals surface area (Å²) in [6.07, 6.45) is 15.7. The Morgan fingerprint density at radius 2 is 0.902 bits per heavy atom. The largest absolute Gasteiger partial charge is 0.497 e. The highest BCUT2D eigenvalue weighted by molar-refractivity contribution is 5.56. The zero-order valence-corrected chi connectivity index (χ0v) is 27.7. The van der Waals surface area contributed by atoms with Crippen molar-refractivity contribution in [3.05, 3.63) is 65.2 Å². The summed E-state index contributed by atoms with van der Waals surface area (Å²) >= 11 is 0. The van der Waals surface area contributed by atoms with Gasteiger partial charge in [-0.15, -0.1) is 0 Å². The van der Waals surface area contributed by atoms with Crippen LogP contribution < -0.4 is 14.0 Å². The van der Waals surface area contributed by atoms with Gasteiger partial charge in [-0.2, -0.15) is 0 Å². The minimum Gasteiger partial charge on any atom is -0.497 e. The molecule has 0 aliphatic carbocycles. The summed E-state index contributed by atoms with van der Waals surface area (Å²) in [4.78, 5) is 0. The molecule has 3 aromatic rings. The van der Waals surface area contributed by atoms with Crippen LogP contribution in [0.4, 0.5) is 0 Å². The van der Waals surface area contributed by atoms with E-state index in [-0.39, 0.29) is 0 Å². The highest BCUT2D eigenvalue weighted by Crippen LogP contribution is 2.41. The van der Waals surface area contributed by atoms with E-state index in [1.54, 1.807) is 14.2 Å². The van der Waals surface area contributed by atoms with E-state index in [0.717, 1.165) is 62.9 Å². The molecule has 0 aliphatic heterocycles. The monoisotopic (exact) mass is 561 g/mol. The summed E-state index contributed by atoms with van der Waals surface area (Å²) in [6.45, 7) is 18.5. The van der Waals surface area contributed by atoms with Crippen molar-refractivity contribution in [1.82, 2.24) is 4.57 Å². The van der Waals surface area contributed by atoms with E-state index in [9.17, 15) is 0 Å². The molecule has 0 bridgehead atoms. The van der Waals surface area contributed by atoms with Crippen molar-refractivity contribution in [3.8, 4) is 22.9 Å². The van der Waals surface area contributed by atoms with Crippen molar-refractivity contribution in [3.63, 3.8) is 0 Å². The van der Waals surface area contributed by atoms with Gasteiger partial charge in [0.2, 0.25) is 0 Å². The summed E-state index contributed by atoms with van der Waals surface area (Å²) in [7, 11) is 3.60. The number of ether oxygens (including phenoxy) is 2. The molecule has 0 atom stereocenters. The van der Waals surface area contributed by atoms with Crippen LogP contribution in [0.15, 0.2) is 43.0 Å². The van der Waals surface area contributed by atoms with Crippen LogP contribution in [0.1, 0.15) is 153 Å². The van der Waals surface area contributed by atoms with Crippen LogP contribution in [0.5, 0.6) is 11.5 Å². The first-order chi connectivity index (χ1) is 19.9. The molecule has 226 valence electrons. The van der Waals surface area contributed by atoms with Gasteiger partial charge in [-0.25, -0.2) is 9.13 Å². The normalized spacial score (nSPS) is 11.9. The minimum atomic E-state index is 0.477. The van der Waals surface area contributed by atoms with Gasteiger partial charge in [0.05, 0.1) is 14.2 Å². The Bertz CT molecular complexity index is 1070. The smallest absolute Gasteiger partial charge is 0.254 e. The van der Waals surface area contributed by atoms with Gasteiger partial charge < -0.3 is 9.47 Å². The molecule has 0 unspecified atom stereocenters. The number of methoxy groups -OCH3 is 2. The lowest BCUT2D eigenvalue weighted by atomic mass is 9.85. The topological polar surface area (TPSA) is 27.3 Å². The molecule has 0 spiro atoms. The third-order valence-electron chi connectivity index (χ3n) is 9.61. The van der Waals surface area contributed by atoms with E-state index in [2.05, 4.69) is 108 Å². The molecule has 0 aliphatic rings. The fourth-order valence-corrected chi connectivity index (χ4v) is 6.91. The van der Waals surface area contributed by atoms with Crippen molar-refractivity contribution < 1.29 is 14.0 Å². The maximum Gasteiger partial charge on any atom is 0.254 e. The Labute approximate surface area is 251 Å². The summed E-state index contributed by atoms with van der Waals surface area (Å²) in [5.74, 6) is 3.85. The lowest BCUT2D eigenvalue weighted by Gasteiger charge is -2.24. The van der Waals surface area contributed by atoms with Gasteiger partial charge in [0.1, 0.15) is 35.3 Å². The third kappa shape index (κ3) is 6.84. The molecule has 0 radical (unpaired) electrons. The van der Waals surface area contributed by atoms with Crippen LogP contribution in [0.3, 0.4) is 0 Å². The lowest BCUT2D eigenvalue weighted by Crippen LogP contribution is -2.32. The maximum absolute atomic E-state index is 5.87. The summed E-state index contributed by atoms with van der Waals surface area (Å²) in [5.41, 5.74) is 8.27. The van der Waals surface area contributed by atoms with Crippen molar-refractivity contribution in [2.24, 2.45) is 0 Å². The van der Waals surface area contributed by atoms with E-state index in [0.29, 0.717) is 23.7 Å². The zero-order chi connectivity index (χ0) is 30.1. The first kappa shape index (κ1) is 32.8. The molecule has 3 rings (SSSR count). The quantitative estimate of drug-likeness (QED) is 0.163. The second kappa shape index (κ2) is 15.5. The molecule has 0 amide bonds. The SMILES string of the molecule is CCC(CC)c1cc(OC)cc(C(CC)CC)c1-n1cc[n+](-c2c(C(CC)CC)cc(OC)cc2C(CC)CC)c1. The molecule has 0 saturated carbocycles. The van der Waals surface area contributed by atoms with Gasteiger partial charge in [-0.05, 0) is 99.3 Å². The van der Waals surface area contributed by atoms with Crippen LogP contribution in [-0.2, 0) is 0 Å². The van der Waals surface area contributed by atoms with Crippen molar-refractivity contribution in [2.45, 2.75) is 130 Å².